The normalized spacial score (nSPS) is 13.8. The van der Waals surface area contributed by atoms with Crippen LogP contribution in [0, 0.1) is 6.92 Å². The number of anilines is 4. The molecule has 132 valence electrons. The van der Waals surface area contributed by atoms with Crippen LogP contribution in [0.25, 0.3) is 11.3 Å². The van der Waals surface area contributed by atoms with Gasteiger partial charge in [0.25, 0.3) is 0 Å². The second kappa shape index (κ2) is 7.00. The van der Waals surface area contributed by atoms with Crippen molar-refractivity contribution in [3.8, 4) is 11.3 Å². The third-order valence-electron chi connectivity index (χ3n) is 4.65. The van der Waals surface area contributed by atoms with Crippen LogP contribution in [0.5, 0.6) is 0 Å². The van der Waals surface area contributed by atoms with E-state index in [1.165, 1.54) is 12.8 Å². The highest BCUT2D eigenvalue weighted by atomic mass is 15.1. The average molecular weight is 346 g/mol. The van der Waals surface area contributed by atoms with E-state index in [2.05, 4.69) is 31.2 Å². The first-order valence-corrected chi connectivity index (χ1v) is 8.85. The number of nitrogens with two attached hydrogens (primary N) is 1. The van der Waals surface area contributed by atoms with Crippen LogP contribution >= 0.6 is 0 Å². The monoisotopic (exact) mass is 346 g/mol. The lowest BCUT2D eigenvalue weighted by atomic mass is 10.2. The van der Waals surface area contributed by atoms with Crippen molar-refractivity contribution in [2.75, 3.05) is 29.0 Å². The summed E-state index contributed by atoms with van der Waals surface area (Å²) >= 11 is 0. The van der Waals surface area contributed by atoms with Gasteiger partial charge in [-0.2, -0.15) is 0 Å². The molecule has 1 aromatic carbocycles. The number of pyridine rings is 1. The van der Waals surface area contributed by atoms with E-state index in [-0.39, 0.29) is 0 Å². The molecule has 0 radical (unpaired) electrons. The Labute approximate surface area is 153 Å². The maximum atomic E-state index is 5.88. The van der Waals surface area contributed by atoms with E-state index in [0.29, 0.717) is 11.6 Å². The van der Waals surface area contributed by atoms with Crippen molar-refractivity contribution in [3.05, 3.63) is 54.5 Å². The molecule has 0 spiro atoms. The van der Waals surface area contributed by atoms with Crippen LogP contribution in [-0.2, 0) is 0 Å². The number of nitrogens with zero attached hydrogens (tertiary/aromatic N) is 4. The average Bonchev–Trinajstić information content (AvgIpc) is 3.20. The van der Waals surface area contributed by atoms with Gasteiger partial charge in [-0.15, -0.1) is 0 Å². The van der Waals surface area contributed by atoms with E-state index in [9.17, 15) is 0 Å². The molecule has 4 rings (SSSR count). The molecule has 26 heavy (non-hydrogen) atoms. The number of aryl methyl sites for hydroxylation is 1. The van der Waals surface area contributed by atoms with Crippen LogP contribution in [0.3, 0.4) is 0 Å². The van der Waals surface area contributed by atoms with Crippen LogP contribution in [-0.4, -0.2) is 28.0 Å². The SMILES string of the molecule is Cc1ccc(N)cc1Nc1nccc(-c2cncc(N3CCCC3)c2)n1. The molecule has 0 atom stereocenters. The molecule has 6 nitrogen and oxygen atoms in total. The minimum atomic E-state index is 0.544. The van der Waals surface area contributed by atoms with Gasteiger partial charge in [-0.1, -0.05) is 6.07 Å². The lowest BCUT2D eigenvalue weighted by Crippen LogP contribution is -2.17. The molecule has 0 bridgehead atoms. The van der Waals surface area contributed by atoms with E-state index in [4.69, 9.17) is 5.73 Å². The minimum Gasteiger partial charge on any atom is -0.399 e. The molecular weight excluding hydrogens is 324 g/mol. The molecule has 1 saturated heterocycles. The molecule has 0 aliphatic carbocycles. The Kier molecular flexibility index (Phi) is 4.39. The maximum absolute atomic E-state index is 5.88. The molecule has 3 N–H and O–H groups in total. The van der Waals surface area contributed by atoms with Gasteiger partial charge >= 0.3 is 0 Å². The lowest BCUT2D eigenvalue weighted by Gasteiger charge is -2.17. The topological polar surface area (TPSA) is 80.0 Å². The fraction of sp³-hybridized carbons (Fsp3) is 0.250. The highest BCUT2D eigenvalue weighted by Crippen LogP contribution is 2.26. The smallest absolute Gasteiger partial charge is 0.227 e. The molecule has 6 heteroatoms. The molecule has 3 heterocycles. The molecule has 2 aromatic heterocycles. The number of benzene rings is 1. The van der Waals surface area contributed by atoms with Crippen molar-refractivity contribution < 1.29 is 0 Å². The number of nitrogen functional groups attached to an aromatic ring is 1. The largest absolute Gasteiger partial charge is 0.399 e. The molecule has 0 saturated carbocycles. The molecule has 0 unspecified atom stereocenters. The molecule has 3 aromatic rings. The van der Waals surface area contributed by atoms with Gasteiger partial charge in [0, 0.05) is 42.4 Å². The number of aromatic nitrogens is 3. The maximum Gasteiger partial charge on any atom is 0.227 e. The van der Waals surface area contributed by atoms with Gasteiger partial charge in [-0.3, -0.25) is 4.98 Å². The number of rotatable bonds is 4. The Balaban J connectivity index is 1.61. The minimum absolute atomic E-state index is 0.544. The first-order chi connectivity index (χ1) is 12.7. The first-order valence-electron chi connectivity index (χ1n) is 8.85. The fourth-order valence-corrected chi connectivity index (χ4v) is 3.19. The second-order valence-electron chi connectivity index (χ2n) is 6.59. The summed E-state index contributed by atoms with van der Waals surface area (Å²) in [6.07, 6.45) is 8.01. The van der Waals surface area contributed by atoms with Crippen molar-refractivity contribution in [3.63, 3.8) is 0 Å². The fourth-order valence-electron chi connectivity index (χ4n) is 3.19. The van der Waals surface area contributed by atoms with Gasteiger partial charge in [0.15, 0.2) is 0 Å². The molecule has 0 amide bonds. The van der Waals surface area contributed by atoms with Gasteiger partial charge in [-0.05, 0) is 49.6 Å². The van der Waals surface area contributed by atoms with Crippen LogP contribution in [0.15, 0.2) is 48.9 Å². The predicted octanol–water partition coefficient (Wildman–Crippen LogP) is 3.77. The van der Waals surface area contributed by atoms with Gasteiger partial charge in [0.2, 0.25) is 5.95 Å². The summed E-state index contributed by atoms with van der Waals surface area (Å²) in [7, 11) is 0. The van der Waals surface area contributed by atoms with E-state index in [1.54, 1.807) is 6.20 Å². The zero-order valence-electron chi connectivity index (χ0n) is 14.8. The Bertz CT molecular complexity index is 918. The summed E-state index contributed by atoms with van der Waals surface area (Å²) in [4.78, 5) is 15.8. The summed E-state index contributed by atoms with van der Waals surface area (Å²) in [5.74, 6) is 0.544. The third kappa shape index (κ3) is 3.44. The standard InChI is InChI=1S/C20H22N6/c1-14-4-5-16(21)11-19(14)25-20-23-7-6-18(24-20)15-10-17(13-22-12-15)26-8-2-3-9-26/h4-7,10-13H,2-3,8-9,21H2,1H3,(H,23,24,25). The number of nitrogens with one attached hydrogen (secondary N) is 1. The lowest BCUT2D eigenvalue weighted by molar-refractivity contribution is 0.949. The zero-order valence-corrected chi connectivity index (χ0v) is 14.8. The van der Waals surface area contributed by atoms with Crippen molar-refractivity contribution in [2.24, 2.45) is 0 Å². The van der Waals surface area contributed by atoms with Gasteiger partial charge in [-0.25, -0.2) is 9.97 Å². The van der Waals surface area contributed by atoms with E-state index < -0.39 is 0 Å². The van der Waals surface area contributed by atoms with Crippen molar-refractivity contribution in [1.82, 2.24) is 15.0 Å². The Morgan fingerprint density at radius 1 is 1.08 bits per heavy atom. The van der Waals surface area contributed by atoms with E-state index in [0.717, 1.165) is 41.3 Å². The third-order valence-corrected chi connectivity index (χ3v) is 4.65. The number of hydrogen-bond donors (Lipinski definition) is 2. The van der Waals surface area contributed by atoms with Gasteiger partial charge < -0.3 is 16.0 Å². The van der Waals surface area contributed by atoms with Crippen molar-refractivity contribution in [1.29, 1.82) is 0 Å². The van der Waals surface area contributed by atoms with E-state index in [1.807, 2.05) is 43.6 Å². The van der Waals surface area contributed by atoms with Gasteiger partial charge in [0.1, 0.15) is 0 Å². The zero-order chi connectivity index (χ0) is 17.9. The summed E-state index contributed by atoms with van der Waals surface area (Å²) in [5, 5.41) is 3.26. The second-order valence-corrected chi connectivity index (χ2v) is 6.59. The number of hydrogen-bond acceptors (Lipinski definition) is 6. The summed E-state index contributed by atoms with van der Waals surface area (Å²) in [6.45, 7) is 4.21. The van der Waals surface area contributed by atoms with E-state index >= 15 is 0 Å². The van der Waals surface area contributed by atoms with Crippen molar-refractivity contribution >= 4 is 23.0 Å². The van der Waals surface area contributed by atoms with Crippen molar-refractivity contribution in [2.45, 2.75) is 19.8 Å². The van der Waals surface area contributed by atoms with Crippen LogP contribution in [0.1, 0.15) is 18.4 Å². The Morgan fingerprint density at radius 3 is 2.77 bits per heavy atom. The summed E-state index contributed by atoms with van der Waals surface area (Å²) in [5.41, 5.74) is 11.6. The van der Waals surface area contributed by atoms with Crippen LogP contribution in [0.2, 0.25) is 0 Å². The Morgan fingerprint density at radius 2 is 1.92 bits per heavy atom. The van der Waals surface area contributed by atoms with Crippen LogP contribution in [0.4, 0.5) is 23.0 Å². The summed E-state index contributed by atoms with van der Waals surface area (Å²) < 4.78 is 0. The molecule has 1 fully saturated rings. The molecule has 1 aliphatic rings. The first kappa shape index (κ1) is 16.3. The summed E-state index contributed by atoms with van der Waals surface area (Å²) in [6, 6.07) is 9.80. The predicted molar refractivity (Wildman–Crippen MR) is 106 cm³/mol. The quantitative estimate of drug-likeness (QED) is 0.700. The highest BCUT2D eigenvalue weighted by molar-refractivity contribution is 5.67. The molecular formula is C20H22N6. The molecule has 1 aliphatic heterocycles. The Hall–Kier alpha value is -3.15. The highest BCUT2D eigenvalue weighted by Gasteiger charge is 2.14. The van der Waals surface area contributed by atoms with Gasteiger partial charge in [0.05, 0.1) is 17.6 Å². The van der Waals surface area contributed by atoms with Crippen LogP contribution < -0.4 is 16.0 Å².